The number of nitrogens with zero attached hydrogens (tertiary/aromatic N) is 2. The lowest BCUT2D eigenvalue weighted by molar-refractivity contribution is -0.161. The van der Waals surface area contributed by atoms with Gasteiger partial charge in [-0.2, -0.15) is 0 Å². The van der Waals surface area contributed by atoms with Crippen molar-refractivity contribution in [2.75, 3.05) is 26.3 Å². The average Bonchev–Trinajstić information content (AvgIpc) is 3.43. The van der Waals surface area contributed by atoms with E-state index < -0.39 is 35.0 Å². The molecular weight excluding hydrogens is 460 g/mol. The van der Waals surface area contributed by atoms with Crippen LogP contribution in [-0.4, -0.2) is 82.3 Å². The standard InChI is InChI=1S/C28H42N2O6/c1-4-6-7-11-19-35-26(34)22-21-24(32)30(17-18-31)23(28(21)15-14-27(22,3)36-28)25(33)29(16-5-2)20-12-9-8-10-13-20/h4-5,20-23,31H,1-2,6-19H2,3H3/t21-,22+,23?,27-,28?/m0/s1. The lowest BCUT2D eigenvalue weighted by atomic mass is 9.66. The summed E-state index contributed by atoms with van der Waals surface area (Å²) in [4.78, 5) is 44.7. The molecule has 3 aliphatic heterocycles. The van der Waals surface area contributed by atoms with Gasteiger partial charge in [0.05, 0.1) is 24.7 Å². The molecule has 1 aliphatic carbocycles. The van der Waals surface area contributed by atoms with Crippen LogP contribution >= 0.6 is 0 Å². The van der Waals surface area contributed by atoms with Crippen molar-refractivity contribution in [3.63, 3.8) is 0 Å². The molecule has 0 aromatic heterocycles. The van der Waals surface area contributed by atoms with Crippen LogP contribution in [0.3, 0.4) is 0 Å². The highest BCUT2D eigenvalue weighted by Crippen LogP contribution is 2.63. The molecule has 3 heterocycles. The first kappa shape index (κ1) is 26.9. The fourth-order valence-corrected chi connectivity index (χ4v) is 7.17. The van der Waals surface area contributed by atoms with Crippen LogP contribution in [0.2, 0.25) is 0 Å². The van der Waals surface area contributed by atoms with Gasteiger partial charge in [0.15, 0.2) is 0 Å². The van der Waals surface area contributed by atoms with Crippen molar-refractivity contribution in [3.8, 4) is 0 Å². The zero-order valence-corrected chi connectivity index (χ0v) is 21.7. The average molecular weight is 503 g/mol. The molecule has 5 atom stereocenters. The number of allylic oxidation sites excluding steroid dienone is 1. The minimum absolute atomic E-state index is 0.0312. The number of carbonyl (C=O) groups is 3. The van der Waals surface area contributed by atoms with E-state index >= 15 is 0 Å². The summed E-state index contributed by atoms with van der Waals surface area (Å²) in [5, 5.41) is 9.80. The van der Waals surface area contributed by atoms with Crippen molar-refractivity contribution >= 4 is 17.8 Å². The largest absolute Gasteiger partial charge is 0.465 e. The minimum atomic E-state index is -1.08. The molecule has 200 valence electrons. The summed E-state index contributed by atoms with van der Waals surface area (Å²) in [7, 11) is 0. The van der Waals surface area contributed by atoms with E-state index in [2.05, 4.69) is 13.2 Å². The van der Waals surface area contributed by atoms with E-state index in [9.17, 15) is 19.5 Å². The Kier molecular flexibility index (Phi) is 8.25. The topological polar surface area (TPSA) is 96.4 Å². The van der Waals surface area contributed by atoms with Gasteiger partial charge in [0, 0.05) is 19.1 Å². The molecule has 1 saturated carbocycles. The molecule has 3 saturated heterocycles. The zero-order valence-electron chi connectivity index (χ0n) is 21.7. The van der Waals surface area contributed by atoms with Crippen LogP contribution in [0, 0.1) is 11.8 Å². The van der Waals surface area contributed by atoms with Gasteiger partial charge in [-0.15, -0.1) is 13.2 Å². The molecule has 1 spiro atoms. The number of rotatable bonds is 12. The second-order valence-corrected chi connectivity index (χ2v) is 11.0. The summed E-state index contributed by atoms with van der Waals surface area (Å²) in [5.41, 5.74) is -1.94. The molecule has 2 unspecified atom stereocenters. The second kappa shape index (κ2) is 11.1. The van der Waals surface area contributed by atoms with E-state index in [0.717, 1.165) is 51.4 Å². The molecule has 4 aliphatic rings. The lowest BCUT2D eigenvalue weighted by Crippen LogP contribution is -2.58. The summed E-state index contributed by atoms with van der Waals surface area (Å²) in [6.45, 7) is 9.90. The maximum absolute atomic E-state index is 14.2. The third-order valence-corrected chi connectivity index (χ3v) is 8.78. The summed E-state index contributed by atoms with van der Waals surface area (Å²) in [6, 6.07) is -0.771. The van der Waals surface area contributed by atoms with Gasteiger partial charge in [0.25, 0.3) is 0 Å². The molecule has 0 radical (unpaired) electrons. The van der Waals surface area contributed by atoms with E-state index in [1.807, 2.05) is 17.9 Å². The molecule has 0 aromatic rings. The number of β-amino-alcohol motifs (C(OH)–C–C–N with tert-alkyl or cyclic N) is 1. The molecule has 4 rings (SSSR count). The van der Waals surface area contributed by atoms with Crippen LogP contribution in [0.1, 0.15) is 71.1 Å². The predicted molar refractivity (Wildman–Crippen MR) is 135 cm³/mol. The first-order chi connectivity index (χ1) is 17.3. The van der Waals surface area contributed by atoms with Gasteiger partial charge in [-0.05, 0) is 51.9 Å². The smallest absolute Gasteiger partial charge is 0.312 e. The Bertz CT molecular complexity index is 870. The predicted octanol–water partition coefficient (Wildman–Crippen LogP) is 2.99. The van der Waals surface area contributed by atoms with Crippen molar-refractivity contribution in [1.82, 2.24) is 9.80 Å². The normalized spacial score (nSPS) is 33.4. The number of hydrogen-bond donors (Lipinski definition) is 1. The fourth-order valence-electron chi connectivity index (χ4n) is 7.17. The quantitative estimate of drug-likeness (QED) is 0.250. The van der Waals surface area contributed by atoms with Gasteiger partial charge in [0.1, 0.15) is 17.6 Å². The van der Waals surface area contributed by atoms with Gasteiger partial charge >= 0.3 is 5.97 Å². The number of aliphatic hydroxyl groups is 1. The van der Waals surface area contributed by atoms with Crippen LogP contribution in [0.4, 0.5) is 0 Å². The highest BCUT2D eigenvalue weighted by Gasteiger charge is 2.78. The Morgan fingerprint density at radius 2 is 1.94 bits per heavy atom. The molecule has 2 amide bonds. The fraction of sp³-hybridized carbons (Fsp3) is 0.750. The van der Waals surface area contributed by atoms with Gasteiger partial charge in [-0.3, -0.25) is 14.4 Å². The number of carbonyl (C=O) groups excluding carboxylic acids is 3. The number of likely N-dealkylation sites (tertiary alicyclic amines) is 1. The van der Waals surface area contributed by atoms with Crippen LogP contribution < -0.4 is 0 Å². The first-order valence-corrected chi connectivity index (χ1v) is 13.6. The molecule has 8 heteroatoms. The summed E-state index contributed by atoms with van der Waals surface area (Å²) >= 11 is 0. The maximum Gasteiger partial charge on any atom is 0.312 e. The third kappa shape index (κ3) is 4.51. The Morgan fingerprint density at radius 1 is 1.19 bits per heavy atom. The number of esters is 1. The highest BCUT2D eigenvalue weighted by atomic mass is 16.6. The number of ether oxygens (including phenoxy) is 2. The number of fused-ring (bicyclic) bond motifs is 1. The molecule has 1 N–H and O–H groups in total. The van der Waals surface area contributed by atoms with E-state index in [4.69, 9.17) is 9.47 Å². The van der Waals surface area contributed by atoms with Crippen LogP contribution in [0.25, 0.3) is 0 Å². The van der Waals surface area contributed by atoms with E-state index in [0.29, 0.717) is 19.4 Å². The van der Waals surface area contributed by atoms with E-state index in [1.54, 1.807) is 6.08 Å². The maximum atomic E-state index is 14.2. The molecule has 36 heavy (non-hydrogen) atoms. The van der Waals surface area contributed by atoms with Gasteiger partial charge < -0.3 is 24.4 Å². The Labute approximate surface area is 214 Å². The van der Waals surface area contributed by atoms with Crippen LogP contribution in [0.5, 0.6) is 0 Å². The van der Waals surface area contributed by atoms with Crippen molar-refractivity contribution in [2.24, 2.45) is 11.8 Å². The van der Waals surface area contributed by atoms with E-state index in [1.165, 1.54) is 4.90 Å². The first-order valence-electron chi connectivity index (χ1n) is 13.6. The zero-order chi connectivity index (χ0) is 25.9. The van der Waals surface area contributed by atoms with Gasteiger partial charge in [-0.1, -0.05) is 31.4 Å². The van der Waals surface area contributed by atoms with Crippen molar-refractivity contribution < 1.29 is 29.0 Å². The molecule has 8 nitrogen and oxygen atoms in total. The number of hydrogen-bond acceptors (Lipinski definition) is 6. The molecule has 2 bridgehead atoms. The van der Waals surface area contributed by atoms with E-state index in [-0.39, 0.29) is 37.6 Å². The van der Waals surface area contributed by atoms with Crippen molar-refractivity contribution in [3.05, 3.63) is 25.3 Å². The molecule has 0 aromatic carbocycles. The van der Waals surface area contributed by atoms with Crippen molar-refractivity contribution in [1.29, 1.82) is 0 Å². The summed E-state index contributed by atoms with van der Waals surface area (Å²) in [6.07, 6.45) is 12.3. The second-order valence-electron chi connectivity index (χ2n) is 11.0. The molecule has 4 fully saturated rings. The van der Waals surface area contributed by atoms with Gasteiger partial charge in [0.2, 0.25) is 11.8 Å². The van der Waals surface area contributed by atoms with Crippen molar-refractivity contribution in [2.45, 2.75) is 94.4 Å². The number of aliphatic hydroxyl groups excluding tert-OH is 1. The van der Waals surface area contributed by atoms with Crippen LogP contribution in [-0.2, 0) is 23.9 Å². The SMILES string of the molecule is C=CCCCCOC(=O)[C@H]1[C@H]2C(=O)N(CCO)C(C(=O)N(CC=C)C3CCCCC3)C23CC[C@]1(C)O3. The monoisotopic (exact) mass is 502 g/mol. The highest BCUT2D eigenvalue weighted by molar-refractivity contribution is 5.98. The van der Waals surface area contributed by atoms with Crippen LogP contribution in [0.15, 0.2) is 25.3 Å². The Morgan fingerprint density at radius 3 is 2.61 bits per heavy atom. The summed E-state index contributed by atoms with van der Waals surface area (Å²) < 4.78 is 12.2. The number of amides is 2. The Balaban J connectivity index is 1.62. The minimum Gasteiger partial charge on any atom is -0.465 e. The van der Waals surface area contributed by atoms with Gasteiger partial charge in [-0.25, -0.2) is 0 Å². The lowest BCUT2D eigenvalue weighted by Gasteiger charge is -2.40. The third-order valence-electron chi connectivity index (χ3n) is 8.78. The Hall–Kier alpha value is -2.19. The number of unbranched alkanes of at least 4 members (excludes halogenated alkanes) is 2. The molecular formula is C28H42N2O6. The summed E-state index contributed by atoms with van der Waals surface area (Å²) in [5.74, 6) is -2.42.